The molecule has 8 heteroatoms. The van der Waals surface area contributed by atoms with Crippen molar-refractivity contribution in [3.8, 4) is 5.75 Å². The fourth-order valence-electron chi connectivity index (χ4n) is 4.54. The van der Waals surface area contributed by atoms with E-state index in [4.69, 9.17) is 15.9 Å². The summed E-state index contributed by atoms with van der Waals surface area (Å²) in [7, 11) is 1.56. The summed E-state index contributed by atoms with van der Waals surface area (Å²) in [6.45, 7) is 1.84. The maximum atomic E-state index is 13.4. The molecule has 0 saturated carbocycles. The van der Waals surface area contributed by atoms with Gasteiger partial charge in [-0.05, 0) is 42.8 Å². The number of nitrogens with zero attached hydrogens (tertiary/aromatic N) is 2. The number of amides is 2. The van der Waals surface area contributed by atoms with E-state index in [1.54, 1.807) is 7.11 Å². The van der Waals surface area contributed by atoms with Crippen LogP contribution in [0.5, 0.6) is 5.75 Å². The Labute approximate surface area is 185 Å². The third-order valence-electron chi connectivity index (χ3n) is 6.43. The number of likely N-dealkylation sites (tertiary alicyclic amines) is 1. The average Bonchev–Trinajstić information content (AvgIpc) is 3.45. The van der Waals surface area contributed by atoms with Crippen LogP contribution in [0.3, 0.4) is 0 Å². The number of hydrogen-bond acceptors (Lipinski definition) is 6. The van der Waals surface area contributed by atoms with Crippen LogP contribution >= 0.6 is 11.3 Å². The van der Waals surface area contributed by atoms with Crippen molar-refractivity contribution in [1.29, 1.82) is 5.41 Å². The quantitative estimate of drug-likeness (QED) is 0.699. The zero-order valence-electron chi connectivity index (χ0n) is 17.5. The lowest BCUT2D eigenvalue weighted by Gasteiger charge is -2.38. The number of nitrogens with two attached hydrogens (primary N) is 1. The highest BCUT2D eigenvalue weighted by molar-refractivity contribution is 7.08. The maximum absolute atomic E-state index is 13.4. The lowest BCUT2D eigenvalue weighted by molar-refractivity contribution is -0.127. The van der Waals surface area contributed by atoms with Crippen LogP contribution in [0.25, 0.3) is 5.57 Å². The van der Waals surface area contributed by atoms with Crippen LogP contribution in [-0.4, -0.2) is 49.7 Å². The first-order valence-corrected chi connectivity index (χ1v) is 11.2. The van der Waals surface area contributed by atoms with Crippen LogP contribution in [0, 0.1) is 10.8 Å². The number of allylic oxidation sites excluding steroid dienone is 1. The van der Waals surface area contributed by atoms with E-state index in [0.717, 1.165) is 17.7 Å². The molecule has 0 unspecified atom stereocenters. The lowest BCUT2D eigenvalue weighted by Crippen LogP contribution is -2.46. The second-order valence-electron chi connectivity index (χ2n) is 7.94. The molecule has 0 aliphatic carbocycles. The monoisotopic (exact) mass is 438 g/mol. The third kappa shape index (κ3) is 3.72. The van der Waals surface area contributed by atoms with Crippen molar-refractivity contribution in [3.05, 3.63) is 52.4 Å². The molecule has 1 aromatic carbocycles. The predicted molar refractivity (Wildman–Crippen MR) is 123 cm³/mol. The number of nitrogens with one attached hydrogen (secondary N) is 1. The number of carbonyl (C=O) groups is 2. The number of thiophene rings is 1. The molecule has 3 N–H and O–H groups in total. The van der Waals surface area contributed by atoms with Gasteiger partial charge in [0.25, 0.3) is 5.91 Å². The molecular formula is C23H26N4O3S. The maximum Gasteiger partial charge on any atom is 0.254 e. The summed E-state index contributed by atoms with van der Waals surface area (Å²) in [4.78, 5) is 29.7. The van der Waals surface area contributed by atoms with Crippen molar-refractivity contribution < 1.29 is 14.3 Å². The molecule has 7 nitrogen and oxygen atoms in total. The van der Waals surface area contributed by atoms with Gasteiger partial charge in [0.05, 0.1) is 18.1 Å². The van der Waals surface area contributed by atoms with Crippen molar-refractivity contribution in [3.63, 3.8) is 0 Å². The van der Waals surface area contributed by atoms with Gasteiger partial charge >= 0.3 is 0 Å². The minimum Gasteiger partial charge on any atom is -0.496 e. The Morgan fingerprint density at radius 1 is 1.23 bits per heavy atom. The number of methoxy groups -OCH3 is 1. The van der Waals surface area contributed by atoms with Crippen molar-refractivity contribution in [2.75, 3.05) is 31.6 Å². The number of piperidine rings is 1. The van der Waals surface area contributed by atoms with Gasteiger partial charge in [-0.25, -0.2) is 0 Å². The summed E-state index contributed by atoms with van der Waals surface area (Å²) in [6.07, 6.45) is 4.69. The van der Waals surface area contributed by atoms with E-state index in [9.17, 15) is 9.59 Å². The second-order valence-corrected chi connectivity index (χ2v) is 8.72. The molecule has 2 saturated heterocycles. The molecule has 2 amide bonds. The smallest absolute Gasteiger partial charge is 0.254 e. The standard InChI is InChI=1S/C23H26N4O3S/c1-30-20-12-18(2-3-19(20)17(13-24)14-25)27-10-7-23(22(27)29)5-8-26(9-6-23)21(28)16-4-11-31-15-16/h2-4,11-15,24H,5-10,25H2,1H3/b17-14+,24-13?. The Bertz CT molecular complexity index is 1020. The normalized spacial score (nSPS) is 18.5. The van der Waals surface area contributed by atoms with Crippen LogP contribution in [0.4, 0.5) is 5.69 Å². The Morgan fingerprint density at radius 3 is 2.58 bits per heavy atom. The fourth-order valence-corrected chi connectivity index (χ4v) is 5.17. The topological polar surface area (TPSA) is 99.7 Å². The van der Waals surface area contributed by atoms with Gasteiger partial charge in [0.1, 0.15) is 5.75 Å². The van der Waals surface area contributed by atoms with Gasteiger partial charge in [-0.2, -0.15) is 11.3 Å². The molecule has 0 bridgehead atoms. The van der Waals surface area contributed by atoms with Crippen molar-refractivity contribution in [2.24, 2.45) is 11.1 Å². The zero-order chi connectivity index (χ0) is 22.0. The summed E-state index contributed by atoms with van der Waals surface area (Å²) in [6, 6.07) is 7.38. The van der Waals surface area contributed by atoms with E-state index in [2.05, 4.69) is 0 Å². The SMILES string of the molecule is COc1cc(N2CCC3(CCN(C(=O)c4ccsc4)CC3)C2=O)ccc1/C(C=N)=C/N. The molecule has 2 aliphatic rings. The van der Waals surface area contributed by atoms with Crippen LogP contribution in [-0.2, 0) is 4.79 Å². The van der Waals surface area contributed by atoms with E-state index in [-0.39, 0.29) is 11.8 Å². The number of benzene rings is 1. The minimum atomic E-state index is -0.408. The van der Waals surface area contributed by atoms with Gasteiger partial charge < -0.3 is 25.7 Å². The van der Waals surface area contributed by atoms with Crippen LogP contribution in [0.2, 0.25) is 0 Å². The van der Waals surface area contributed by atoms with Crippen molar-refractivity contribution in [2.45, 2.75) is 19.3 Å². The zero-order valence-corrected chi connectivity index (χ0v) is 18.3. The van der Waals surface area contributed by atoms with Gasteiger partial charge in [-0.3, -0.25) is 9.59 Å². The molecule has 31 heavy (non-hydrogen) atoms. The largest absolute Gasteiger partial charge is 0.496 e. The Kier molecular flexibility index (Phi) is 5.82. The summed E-state index contributed by atoms with van der Waals surface area (Å²) in [5, 5.41) is 11.3. The third-order valence-corrected chi connectivity index (χ3v) is 7.11. The molecule has 3 heterocycles. The summed E-state index contributed by atoms with van der Waals surface area (Å²) >= 11 is 1.52. The van der Waals surface area contributed by atoms with Gasteiger partial charge in [-0.15, -0.1) is 0 Å². The molecule has 0 atom stereocenters. The highest BCUT2D eigenvalue weighted by Crippen LogP contribution is 2.44. The summed E-state index contributed by atoms with van der Waals surface area (Å²) in [5.41, 5.74) is 7.98. The predicted octanol–water partition coefficient (Wildman–Crippen LogP) is 3.37. The number of hydrogen-bond donors (Lipinski definition) is 2. The van der Waals surface area contributed by atoms with Crippen molar-refractivity contribution >= 4 is 40.6 Å². The second kappa shape index (κ2) is 8.55. The van der Waals surface area contributed by atoms with E-state index in [1.807, 2.05) is 44.8 Å². The molecule has 2 aliphatic heterocycles. The summed E-state index contributed by atoms with van der Waals surface area (Å²) < 4.78 is 5.50. The Hall–Kier alpha value is -3.13. The summed E-state index contributed by atoms with van der Waals surface area (Å²) in [5.74, 6) is 0.739. The number of rotatable bonds is 5. The number of ether oxygens (including phenoxy) is 1. The molecule has 2 fully saturated rings. The van der Waals surface area contributed by atoms with E-state index in [0.29, 0.717) is 49.4 Å². The van der Waals surface area contributed by atoms with Crippen LogP contribution < -0.4 is 15.4 Å². The molecule has 1 spiro atoms. The molecule has 162 valence electrons. The van der Waals surface area contributed by atoms with E-state index >= 15 is 0 Å². The fraction of sp³-hybridized carbons (Fsp3) is 0.348. The Morgan fingerprint density at radius 2 is 1.97 bits per heavy atom. The van der Waals surface area contributed by atoms with Gasteiger partial charge in [0.15, 0.2) is 0 Å². The average molecular weight is 439 g/mol. The molecular weight excluding hydrogens is 412 g/mol. The van der Waals surface area contributed by atoms with Crippen LogP contribution in [0.1, 0.15) is 35.2 Å². The number of anilines is 1. The van der Waals surface area contributed by atoms with E-state index in [1.165, 1.54) is 23.8 Å². The minimum absolute atomic E-state index is 0.0497. The van der Waals surface area contributed by atoms with Crippen LogP contribution in [0.15, 0.2) is 41.2 Å². The Balaban J connectivity index is 1.50. The molecule has 4 rings (SSSR count). The lowest BCUT2D eigenvalue weighted by atomic mass is 9.77. The molecule has 2 aromatic rings. The highest BCUT2D eigenvalue weighted by atomic mass is 32.1. The molecule has 1 aromatic heterocycles. The van der Waals surface area contributed by atoms with Gasteiger partial charge in [-0.1, -0.05) is 0 Å². The van der Waals surface area contributed by atoms with Crippen molar-refractivity contribution in [1.82, 2.24) is 4.90 Å². The van der Waals surface area contributed by atoms with Gasteiger partial charge in [0, 0.05) is 60.3 Å². The first kappa shape index (κ1) is 21.1. The molecule has 0 radical (unpaired) electrons. The first-order chi connectivity index (χ1) is 15.0. The highest BCUT2D eigenvalue weighted by Gasteiger charge is 2.49. The number of carbonyl (C=O) groups excluding carboxylic acids is 2. The van der Waals surface area contributed by atoms with Gasteiger partial charge in [0.2, 0.25) is 5.91 Å². The van der Waals surface area contributed by atoms with E-state index < -0.39 is 5.41 Å². The first-order valence-electron chi connectivity index (χ1n) is 10.3.